The van der Waals surface area contributed by atoms with E-state index in [4.69, 9.17) is 4.74 Å². The Morgan fingerprint density at radius 2 is 2.08 bits per heavy atom. The van der Waals surface area contributed by atoms with E-state index in [0.29, 0.717) is 0 Å². The summed E-state index contributed by atoms with van der Waals surface area (Å²) in [5, 5.41) is 7.40. The summed E-state index contributed by atoms with van der Waals surface area (Å²) in [7, 11) is 0. The number of hydrogen-bond donors (Lipinski definition) is 1. The first kappa shape index (κ1) is 18.6. The Bertz CT molecular complexity index is 762. The zero-order valence-corrected chi connectivity index (χ0v) is 16.3. The number of nitrogens with one attached hydrogen (secondary N) is 1. The molecule has 1 fully saturated rings. The molecule has 0 saturated carbocycles. The van der Waals surface area contributed by atoms with Crippen molar-refractivity contribution in [3.8, 4) is 5.69 Å². The summed E-state index contributed by atoms with van der Waals surface area (Å²) in [6, 6.07) is 8.40. The van der Waals surface area contributed by atoms with E-state index in [2.05, 4.69) is 56.3 Å². The molecule has 1 aliphatic rings. The average molecular weight is 355 g/mol. The minimum absolute atomic E-state index is 0.0171. The van der Waals surface area contributed by atoms with Gasteiger partial charge in [-0.25, -0.2) is 4.68 Å². The summed E-state index contributed by atoms with van der Waals surface area (Å²) < 4.78 is 8.34. The first-order chi connectivity index (χ1) is 12.2. The highest BCUT2D eigenvalue weighted by molar-refractivity contribution is 5.73. The molecule has 3 atom stereocenters. The van der Waals surface area contributed by atoms with Crippen molar-refractivity contribution >= 4 is 5.91 Å². The van der Waals surface area contributed by atoms with Crippen LogP contribution >= 0.6 is 0 Å². The van der Waals surface area contributed by atoms with Crippen LogP contribution in [0.25, 0.3) is 5.69 Å². The Hall–Kier alpha value is -2.14. The van der Waals surface area contributed by atoms with Crippen LogP contribution in [0.1, 0.15) is 57.8 Å². The van der Waals surface area contributed by atoms with Gasteiger partial charge in [0.25, 0.3) is 0 Å². The number of nitrogens with zero attached hydrogens (tertiary/aromatic N) is 2. The lowest BCUT2D eigenvalue weighted by atomic mass is 9.81. The molecule has 1 aromatic heterocycles. The van der Waals surface area contributed by atoms with E-state index in [1.165, 1.54) is 11.1 Å². The van der Waals surface area contributed by atoms with Crippen molar-refractivity contribution in [2.24, 2.45) is 5.41 Å². The van der Waals surface area contributed by atoms with Crippen molar-refractivity contribution in [1.29, 1.82) is 0 Å². The van der Waals surface area contributed by atoms with Crippen LogP contribution in [0.2, 0.25) is 0 Å². The predicted molar refractivity (Wildman–Crippen MR) is 102 cm³/mol. The number of carbonyl (C=O) groups is 1. The van der Waals surface area contributed by atoms with Crippen molar-refractivity contribution in [2.45, 2.75) is 65.7 Å². The van der Waals surface area contributed by atoms with Crippen LogP contribution in [0, 0.1) is 12.3 Å². The maximum Gasteiger partial charge on any atom is 0.217 e. The van der Waals surface area contributed by atoms with E-state index in [0.717, 1.165) is 18.5 Å². The minimum atomic E-state index is -0.0171. The van der Waals surface area contributed by atoms with Gasteiger partial charge in [-0.2, -0.15) is 5.10 Å². The predicted octanol–water partition coefficient (Wildman–Crippen LogP) is 3.95. The van der Waals surface area contributed by atoms with Gasteiger partial charge in [-0.15, -0.1) is 0 Å². The monoisotopic (exact) mass is 355 g/mol. The number of ether oxygens (including phenoxy) is 1. The quantitative estimate of drug-likeness (QED) is 0.907. The van der Waals surface area contributed by atoms with E-state index >= 15 is 0 Å². The number of aromatic nitrogens is 2. The molecule has 5 nitrogen and oxygen atoms in total. The average Bonchev–Trinajstić information content (AvgIpc) is 3.07. The molecule has 1 amide bonds. The molecule has 1 saturated heterocycles. The fraction of sp³-hybridized carbons (Fsp3) is 0.524. The first-order valence-electron chi connectivity index (χ1n) is 9.27. The van der Waals surface area contributed by atoms with Crippen LogP contribution in [0.4, 0.5) is 0 Å². The number of hydrogen-bond acceptors (Lipinski definition) is 3. The molecule has 26 heavy (non-hydrogen) atoms. The third-order valence-corrected chi connectivity index (χ3v) is 5.07. The van der Waals surface area contributed by atoms with Crippen LogP contribution in [-0.4, -0.2) is 27.8 Å². The molecule has 1 aromatic carbocycles. The summed E-state index contributed by atoms with van der Waals surface area (Å²) in [5.41, 5.74) is 3.43. The van der Waals surface area contributed by atoms with Gasteiger partial charge in [0.1, 0.15) is 0 Å². The molecule has 0 bridgehead atoms. The Morgan fingerprint density at radius 1 is 1.31 bits per heavy atom. The van der Waals surface area contributed by atoms with Crippen molar-refractivity contribution in [2.75, 3.05) is 0 Å². The van der Waals surface area contributed by atoms with Crippen molar-refractivity contribution < 1.29 is 9.53 Å². The Morgan fingerprint density at radius 3 is 2.65 bits per heavy atom. The lowest BCUT2D eigenvalue weighted by Crippen LogP contribution is -2.46. The molecule has 0 aliphatic carbocycles. The van der Waals surface area contributed by atoms with Gasteiger partial charge < -0.3 is 10.1 Å². The summed E-state index contributed by atoms with van der Waals surface area (Å²) in [6.07, 6.45) is 5.45. The molecule has 0 spiro atoms. The highest BCUT2D eigenvalue weighted by atomic mass is 16.5. The maximum atomic E-state index is 11.6. The van der Waals surface area contributed by atoms with Crippen LogP contribution in [0.3, 0.4) is 0 Å². The van der Waals surface area contributed by atoms with Crippen molar-refractivity contribution in [3.63, 3.8) is 0 Å². The van der Waals surface area contributed by atoms with Gasteiger partial charge in [0.2, 0.25) is 5.91 Å². The Balaban J connectivity index is 1.87. The van der Waals surface area contributed by atoms with E-state index in [1.54, 1.807) is 13.1 Å². The zero-order chi connectivity index (χ0) is 18.9. The summed E-state index contributed by atoms with van der Waals surface area (Å²) in [4.78, 5) is 11.6. The number of benzene rings is 1. The topological polar surface area (TPSA) is 56.2 Å². The van der Waals surface area contributed by atoms with Gasteiger partial charge in [0, 0.05) is 25.4 Å². The summed E-state index contributed by atoms with van der Waals surface area (Å²) >= 11 is 0. The number of aryl methyl sites for hydroxylation is 1. The van der Waals surface area contributed by atoms with Crippen molar-refractivity contribution in [3.05, 3.63) is 47.8 Å². The maximum absolute atomic E-state index is 11.6. The van der Waals surface area contributed by atoms with E-state index in [-0.39, 0.29) is 29.6 Å². The molecule has 1 N–H and O–H groups in total. The van der Waals surface area contributed by atoms with Crippen LogP contribution in [0.15, 0.2) is 36.7 Å². The number of amides is 1. The van der Waals surface area contributed by atoms with Crippen molar-refractivity contribution in [1.82, 2.24) is 15.1 Å². The number of rotatable bonds is 3. The molecular weight excluding hydrogens is 326 g/mol. The van der Waals surface area contributed by atoms with Gasteiger partial charge in [-0.3, -0.25) is 4.79 Å². The Labute approximate surface area is 155 Å². The van der Waals surface area contributed by atoms with Crippen LogP contribution in [0.5, 0.6) is 0 Å². The fourth-order valence-corrected chi connectivity index (χ4v) is 3.67. The molecule has 140 valence electrons. The molecule has 0 radical (unpaired) electrons. The minimum Gasteiger partial charge on any atom is -0.370 e. The second-order valence-corrected chi connectivity index (χ2v) is 8.34. The molecule has 5 heteroatoms. The Kier molecular flexibility index (Phi) is 5.19. The van der Waals surface area contributed by atoms with Gasteiger partial charge in [-0.05, 0) is 54.5 Å². The summed E-state index contributed by atoms with van der Waals surface area (Å²) in [5.74, 6) is 0.0223. The van der Waals surface area contributed by atoms with Crippen LogP contribution in [-0.2, 0) is 9.53 Å². The zero-order valence-electron chi connectivity index (χ0n) is 16.3. The fourth-order valence-electron chi connectivity index (χ4n) is 3.67. The first-order valence-corrected chi connectivity index (χ1v) is 9.27. The second kappa shape index (κ2) is 7.23. The molecular formula is C21H29N3O2. The molecule has 3 rings (SSSR count). The lowest BCUT2D eigenvalue weighted by Gasteiger charge is -2.42. The SMILES string of the molecule is CC(=O)N[C@H]1C[C@@H](c2ccc(-n3cccn3)cc2C)O[C@@H](C(C)(C)C)C1. The molecule has 1 aliphatic heterocycles. The largest absolute Gasteiger partial charge is 0.370 e. The smallest absolute Gasteiger partial charge is 0.217 e. The second-order valence-electron chi connectivity index (χ2n) is 8.34. The van der Waals surface area contributed by atoms with Crippen LogP contribution < -0.4 is 5.32 Å². The van der Waals surface area contributed by atoms with Gasteiger partial charge >= 0.3 is 0 Å². The van der Waals surface area contributed by atoms with Gasteiger partial charge in [-0.1, -0.05) is 26.8 Å². The third kappa shape index (κ3) is 4.15. The normalized spacial score (nSPS) is 23.7. The van der Waals surface area contributed by atoms with E-state index in [1.807, 2.05) is 16.9 Å². The van der Waals surface area contributed by atoms with Gasteiger partial charge in [0.15, 0.2) is 0 Å². The lowest BCUT2D eigenvalue weighted by molar-refractivity contribution is -0.127. The highest BCUT2D eigenvalue weighted by Gasteiger charge is 2.37. The van der Waals surface area contributed by atoms with E-state index in [9.17, 15) is 4.79 Å². The van der Waals surface area contributed by atoms with Gasteiger partial charge in [0.05, 0.1) is 17.9 Å². The summed E-state index contributed by atoms with van der Waals surface area (Å²) in [6.45, 7) is 10.3. The third-order valence-electron chi connectivity index (χ3n) is 5.07. The number of carbonyl (C=O) groups excluding carboxylic acids is 1. The highest BCUT2D eigenvalue weighted by Crippen LogP contribution is 2.39. The molecule has 0 unspecified atom stereocenters. The van der Waals surface area contributed by atoms with E-state index < -0.39 is 0 Å². The molecule has 2 heterocycles. The molecule has 2 aromatic rings. The standard InChI is InChI=1S/C21H29N3O2/c1-14-11-17(24-10-6-9-22-24)7-8-18(14)19-12-16(23-15(2)25)13-20(26-19)21(3,4)5/h6-11,16,19-20H,12-13H2,1-5H3,(H,23,25)/t16-,19-,20+/m0/s1.